The third kappa shape index (κ3) is 2.67. The van der Waals surface area contributed by atoms with E-state index in [1.165, 1.54) is 38.5 Å². The summed E-state index contributed by atoms with van der Waals surface area (Å²) >= 11 is 0. The van der Waals surface area contributed by atoms with Crippen LogP contribution in [0.2, 0.25) is 0 Å². The van der Waals surface area contributed by atoms with Crippen molar-refractivity contribution in [2.75, 3.05) is 0 Å². The highest BCUT2D eigenvalue weighted by molar-refractivity contribution is 5.39. The number of H-pyrrole nitrogens is 1. The van der Waals surface area contributed by atoms with E-state index in [4.69, 9.17) is 4.74 Å². The zero-order chi connectivity index (χ0) is 17.0. The van der Waals surface area contributed by atoms with Gasteiger partial charge in [-0.3, -0.25) is 9.89 Å². The van der Waals surface area contributed by atoms with E-state index < -0.39 is 0 Å². The number of rotatable bonds is 4. The van der Waals surface area contributed by atoms with Gasteiger partial charge in [-0.25, -0.2) is 4.68 Å². The van der Waals surface area contributed by atoms with Gasteiger partial charge in [-0.2, -0.15) is 0 Å². The Kier molecular flexibility index (Phi) is 3.46. The van der Waals surface area contributed by atoms with Gasteiger partial charge in [-0.1, -0.05) is 18.2 Å². The summed E-state index contributed by atoms with van der Waals surface area (Å²) in [6.45, 7) is 2.54. The smallest absolute Gasteiger partial charge is 0.271 e. The Labute approximate surface area is 148 Å². The lowest BCUT2D eigenvalue weighted by molar-refractivity contribution is -0.169. The molecule has 4 aliphatic rings. The summed E-state index contributed by atoms with van der Waals surface area (Å²) in [6, 6.07) is 9.63. The molecule has 0 aliphatic heterocycles. The number of aryl methyl sites for hydroxylation is 1. The van der Waals surface area contributed by atoms with Crippen molar-refractivity contribution in [1.82, 2.24) is 9.78 Å². The average Bonchev–Trinajstić information content (AvgIpc) is 2.93. The number of aromatic nitrogens is 2. The Hall–Kier alpha value is -1.81. The first-order valence-electron chi connectivity index (χ1n) is 9.61. The molecule has 1 heterocycles. The fourth-order valence-electron chi connectivity index (χ4n) is 5.95. The lowest BCUT2D eigenvalue weighted by Gasteiger charge is -2.56. The van der Waals surface area contributed by atoms with E-state index in [1.807, 2.05) is 31.2 Å². The van der Waals surface area contributed by atoms with Crippen molar-refractivity contribution in [1.29, 1.82) is 0 Å². The Morgan fingerprint density at radius 2 is 1.76 bits per heavy atom. The summed E-state index contributed by atoms with van der Waals surface area (Å²) in [7, 11) is 0. The zero-order valence-electron chi connectivity index (χ0n) is 14.8. The molecule has 132 valence electrons. The predicted octanol–water partition coefficient (Wildman–Crippen LogP) is 3.96. The van der Waals surface area contributed by atoms with Gasteiger partial charge >= 0.3 is 0 Å². The molecule has 4 fully saturated rings. The Balaban J connectivity index is 1.35. The molecule has 25 heavy (non-hydrogen) atoms. The van der Waals surface area contributed by atoms with Crippen LogP contribution in [0.3, 0.4) is 0 Å². The molecule has 1 aromatic heterocycles. The van der Waals surface area contributed by atoms with Gasteiger partial charge in [0.1, 0.15) is 0 Å². The maximum atomic E-state index is 12.4. The first-order chi connectivity index (χ1) is 12.1. The molecule has 1 N–H and O–H groups in total. The topological polar surface area (TPSA) is 47.0 Å². The number of hydrogen-bond donors (Lipinski definition) is 1. The molecule has 0 amide bonds. The molecule has 0 atom stereocenters. The van der Waals surface area contributed by atoms with Crippen LogP contribution >= 0.6 is 0 Å². The van der Waals surface area contributed by atoms with Gasteiger partial charge in [-0.05, 0) is 74.8 Å². The standard InChI is InChI=1S/C21H26N2O2/c1-14-4-2-3-5-19(14)23-20(24)9-18(22-23)13-25-21-10-15-6-16(11-21)8-17(7-15)12-21/h2-5,9,15-17,22H,6-8,10-13H2,1H3. The quantitative estimate of drug-likeness (QED) is 0.917. The first-order valence-corrected chi connectivity index (χ1v) is 9.61. The van der Waals surface area contributed by atoms with Crippen molar-refractivity contribution in [3.05, 3.63) is 51.9 Å². The van der Waals surface area contributed by atoms with Crippen LogP contribution in [-0.4, -0.2) is 15.4 Å². The fraction of sp³-hybridized carbons (Fsp3) is 0.571. The van der Waals surface area contributed by atoms with Crippen LogP contribution in [0.15, 0.2) is 35.1 Å². The molecule has 0 spiro atoms. The van der Waals surface area contributed by atoms with Gasteiger partial charge in [0, 0.05) is 6.07 Å². The van der Waals surface area contributed by atoms with Gasteiger partial charge in [0.05, 0.1) is 23.6 Å². The van der Waals surface area contributed by atoms with E-state index in [0.29, 0.717) is 6.61 Å². The summed E-state index contributed by atoms with van der Waals surface area (Å²) in [6.07, 6.45) is 7.93. The lowest BCUT2D eigenvalue weighted by Crippen LogP contribution is -2.51. The molecule has 6 rings (SSSR count). The monoisotopic (exact) mass is 338 g/mol. The van der Waals surface area contributed by atoms with Crippen LogP contribution < -0.4 is 5.56 Å². The maximum Gasteiger partial charge on any atom is 0.271 e. The Morgan fingerprint density at radius 1 is 1.12 bits per heavy atom. The Morgan fingerprint density at radius 3 is 2.40 bits per heavy atom. The van der Waals surface area contributed by atoms with Gasteiger partial charge in [-0.15, -0.1) is 0 Å². The molecular formula is C21H26N2O2. The molecule has 0 saturated heterocycles. The lowest BCUT2D eigenvalue weighted by atomic mass is 9.54. The van der Waals surface area contributed by atoms with Crippen molar-refractivity contribution in [3.8, 4) is 5.69 Å². The second-order valence-electron chi connectivity index (χ2n) is 8.63. The SMILES string of the molecule is Cc1ccccc1-n1[nH]c(COC23CC4CC(CC(C4)C2)C3)cc1=O. The second kappa shape index (κ2) is 5.60. The summed E-state index contributed by atoms with van der Waals surface area (Å²) in [4.78, 5) is 12.4. The van der Waals surface area contributed by atoms with Crippen LogP contribution in [0.5, 0.6) is 0 Å². The maximum absolute atomic E-state index is 12.4. The van der Waals surface area contributed by atoms with Crippen LogP contribution in [-0.2, 0) is 11.3 Å². The van der Waals surface area contributed by atoms with Crippen LogP contribution in [0, 0.1) is 24.7 Å². The van der Waals surface area contributed by atoms with E-state index in [-0.39, 0.29) is 11.2 Å². The molecule has 4 nitrogen and oxygen atoms in total. The van der Waals surface area contributed by atoms with E-state index in [2.05, 4.69) is 5.10 Å². The van der Waals surface area contributed by atoms with Gasteiger partial charge in [0.25, 0.3) is 5.56 Å². The fourth-order valence-corrected chi connectivity index (χ4v) is 5.95. The zero-order valence-corrected chi connectivity index (χ0v) is 14.8. The van der Waals surface area contributed by atoms with E-state index in [1.54, 1.807) is 10.7 Å². The minimum absolute atomic E-state index is 0.0154. The Bertz CT molecular complexity index is 812. The van der Waals surface area contributed by atoms with Crippen molar-refractivity contribution in [2.45, 2.75) is 57.7 Å². The molecule has 4 heteroatoms. The van der Waals surface area contributed by atoms with Crippen LogP contribution in [0.1, 0.15) is 49.8 Å². The predicted molar refractivity (Wildman–Crippen MR) is 96.8 cm³/mol. The van der Waals surface area contributed by atoms with Crippen molar-refractivity contribution in [2.24, 2.45) is 17.8 Å². The molecular weight excluding hydrogens is 312 g/mol. The molecule has 0 radical (unpaired) electrons. The number of benzene rings is 1. The molecule has 0 unspecified atom stereocenters. The van der Waals surface area contributed by atoms with Gasteiger partial charge < -0.3 is 4.74 Å². The second-order valence-corrected chi connectivity index (χ2v) is 8.63. The minimum Gasteiger partial charge on any atom is -0.369 e. The normalized spacial score (nSPS) is 33.1. The third-order valence-corrected chi connectivity index (χ3v) is 6.65. The minimum atomic E-state index is -0.0154. The van der Waals surface area contributed by atoms with E-state index in [0.717, 1.165) is 34.7 Å². The molecule has 4 bridgehead atoms. The molecule has 4 aliphatic carbocycles. The number of nitrogens with zero attached hydrogens (tertiary/aromatic N) is 1. The van der Waals surface area contributed by atoms with Gasteiger partial charge in [0.15, 0.2) is 0 Å². The third-order valence-electron chi connectivity index (χ3n) is 6.65. The van der Waals surface area contributed by atoms with Crippen molar-refractivity contribution in [3.63, 3.8) is 0 Å². The van der Waals surface area contributed by atoms with Crippen LogP contribution in [0.25, 0.3) is 5.69 Å². The number of aromatic amines is 1. The van der Waals surface area contributed by atoms with Gasteiger partial charge in [0.2, 0.25) is 0 Å². The molecule has 4 saturated carbocycles. The molecule has 2 aromatic rings. The van der Waals surface area contributed by atoms with E-state index >= 15 is 0 Å². The van der Waals surface area contributed by atoms with Crippen LogP contribution in [0.4, 0.5) is 0 Å². The highest BCUT2D eigenvalue weighted by atomic mass is 16.5. The number of para-hydroxylation sites is 1. The summed E-state index contributed by atoms with van der Waals surface area (Å²) < 4.78 is 8.11. The first kappa shape index (κ1) is 15.4. The summed E-state index contributed by atoms with van der Waals surface area (Å²) in [5, 5.41) is 3.25. The summed E-state index contributed by atoms with van der Waals surface area (Å²) in [5.74, 6) is 2.63. The van der Waals surface area contributed by atoms with E-state index in [9.17, 15) is 4.79 Å². The number of nitrogens with one attached hydrogen (secondary N) is 1. The summed E-state index contributed by atoms with van der Waals surface area (Å²) in [5.41, 5.74) is 2.94. The molecule has 1 aromatic carbocycles. The highest BCUT2D eigenvalue weighted by Crippen LogP contribution is 2.57. The average molecular weight is 338 g/mol. The number of hydrogen-bond acceptors (Lipinski definition) is 2. The largest absolute Gasteiger partial charge is 0.369 e. The number of ether oxygens (including phenoxy) is 1. The highest BCUT2D eigenvalue weighted by Gasteiger charge is 2.51. The van der Waals surface area contributed by atoms with Crippen molar-refractivity contribution < 1.29 is 4.74 Å². The van der Waals surface area contributed by atoms with Crippen molar-refractivity contribution >= 4 is 0 Å².